The van der Waals surface area contributed by atoms with E-state index < -0.39 is 10.5 Å². The molecule has 2 aromatic carbocycles. The van der Waals surface area contributed by atoms with Gasteiger partial charge in [-0.05, 0) is 37.5 Å². The Bertz CT molecular complexity index is 931. The summed E-state index contributed by atoms with van der Waals surface area (Å²) in [6.45, 7) is -0.298. The van der Waals surface area contributed by atoms with Crippen LogP contribution in [0, 0.1) is 10.1 Å². The molecule has 152 valence electrons. The number of ether oxygens (including phenoxy) is 1. The van der Waals surface area contributed by atoms with Gasteiger partial charge in [0.25, 0.3) is 11.6 Å². The van der Waals surface area contributed by atoms with Crippen molar-refractivity contribution < 1.29 is 19.2 Å². The summed E-state index contributed by atoms with van der Waals surface area (Å²) in [7, 11) is 1.59. The lowest BCUT2D eigenvalue weighted by Crippen LogP contribution is -2.55. The molecule has 3 rings (SSSR count). The quantitative estimate of drug-likeness (QED) is 0.521. The molecule has 0 spiro atoms. The number of rotatable bonds is 6. The number of non-ortho nitro benzene ring substituents is 1. The number of likely N-dealkylation sites (N-methyl/N-ethyl adjacent to an activating group) is 1. The number of carbonyl (C=O) groups is 2. The summed E-state index contributed by atoms with van der Waals surface area (Å²) in [5.74, 6) is -0.0827. The molecule has 1 fully saturated rings. The number of Topliss-reactive ketones (excluding diaryl/α,β-unsaturated/α-hetero) is 1. The summed E-state index contributed by atoms with van der Waals surface area (Å²) in [5.41, 5.74) is -0.559. The first-order chi connectivity index (χ1) is 13.9. The Kier molecular flexibility index (Phi) is 6.17. The first-order valence-electron chi connectivity index (χ1n) is 9.28. The molecule has 0 heterocycles. The molecule has 0 unspecified atom stereocenters. The van der Waals surface area contributed by atoms with Gasteiger partial charge in [-0.15, -0.1) is 0 Å². The maximum Gasteiger partial charge on any atom is 0.269 e. The molecule has 1 aliphatic carbocycles. The fraction of sp³-hybridized carbons (Fsp3) is 0.333. The van der Waals surface area contributed by atoms with Crippen molar-refractivity contribution in [3.63, 3.8) is 0 Å². The average molecular weight is 417 g/mol. The Balaban J connectivity index is 1.81. The molecule has 2 aromatic rings. The van der Waals surface area contributed by atoms with E-state index in [1.54, 1.807) is 31.3 Å². The Morgan fingerprint density at radius 2 is 1.90 bits per heavy atom. The first-order valence-corrected chi connectivity index (χ1v) is 9.66. The molecule has 8 heteroatoms. The van der Waals surface area contributed by atoms with Gasteiger partial charge in [0.2, 0.25) is 0 Å². The van der Waals surface area contributed by atoms with E-state index in [4.69, 9.17) is 16.3 Å². The second kappa shape index (κ2) is 8.61. The Hall–Kier alpha value is -2.93. The van der Waals surface area contributed by atoms with E-state index in [1.807, 2.05) is 0 Å². The van der Waals surface area contributed by atoms with Crippen LogP contribution in [0.5, 0.6) is 5.75 Å². The van der Waals surface area contributed by atoms with Gasteiger partial charge in [0.05, 0.1) is 4.92 Å². The van der Waals surface area contributed by atoms with Gasteiger partial charge in [-0.3, -0.25) is 19.7 Å². The highest BCUT2D eigenvalue weighted by Crippen LogP contribution is 2.42. The Morgan fingerprint density at radius 1 is 1.21 bits per heavy atom. The van der Waals surface area contributed by atoms with Crippen LogP contribution in [-0.4, -0.2) is 35.2 Å². The maximum absolute atomic E-state index is 13.0. The summed E-state index contributed by atoms with van der Waals surface area (Å²) in [4.78, 5) is 37.6. The normalized spacial score (nSPS) is 18.9. The lowest BCUT2D eigenvalue weighted by Gasteiger charge is -2.43. The zero-order valence-electron chi connectivity index (χ0n) is 16.0. The van der Waals surface area contributed by atoms with Crippen molar-refractivity contribution in [2.75, 3.05) is 13.7 Å². The lowest BCUT2D eigenvalue weighted by molar-refractivity contribution is -0.384. The van der Waals surface area contributed by atoms with E-state index in [0.717, 1.165) is 12.8 Å². The van der Waals surface area contributed by atoms with E-state index in [-0.39, 0.29) is 24.0 Å². The van der Waals surface area contributed by atoms with Crippen LogP contribution >= 0.6 is 11.6 Å². The highest BCUT2D eigenvalue weighted by atomic mass is 35.5. The lowest BCUT2D eigenvalue weighted by atomic mass is 9.74. The van der Waals surface area contributed by atoms with Crippen LogP contribution < -0.4 is 4.74 Å². The highest BCUT2D eigenvalue weighted by Gasteiger charge is 2.47. The number of halogens is 1. The second-order valence-electron chi connectivity index (χ2n) is 6.96. The van der Waals surface area contributed by atoms with Gasteiger partial charge >= 0.3 is 0 Å². The van der Waals surface area contributed by atoms with Crippen LogP contribution in [-0.2, 0) is 15.1 Å². The van der Waals surface area contributed by atoms with Gasteiger partial charge in [0.15, 0.2) is 12.4 Å². The summed E-state index contributed by atoms with van der Waals surface area (Å²) in [6.07, 6.45) is 2.46. The van der Waals surface area contributed by atoms with Crippen molar-refractivity contribution in [3.8, 4) is 5.75 Å². The van der Waals surface area contributed by atoms with E-state index in [2.05, 4.69) is 0 Å². The van der Waals surface area contributed by atoms with Gasteiger partial charge < -0.3 is 9.64 Å². The fourth-order valence-corrected chi connectivity index (χ4v) is 4.04. The minimum absolute atomic E-state index is 0.0389. The van der Waals surface area contributed by atoms with Crippen molar-refractivity contribution in [2.45, 2.75) is 31.2 Å². The third-order valence-corrected chi connectivity index (χ3v) is 5.66. The third-order valence-electron chi connectivity index (χ3n) is 5.33. The minimum atomic E-state index is -1.12. The van der Waals surface area contributed by atoms with Gasteiger partial charge in [-0.2, -0.15) is 0 Å². The van der Waals surface area contributed by atoms with Gasteiger partial charge in [-0.1, -0.05) is 29.8 Å². The molecule has 0 radical (unpaired) electrons. The van der Waals surface area contributed by atoms with Crippen molar-refractivity contribution >= 4 is 29.0 Å². The number of ketones is 1. The summed E-state index contributed by atoms with van der Waals surface area (Å²) in [6, 6.07) is 12.6. The topological polar surface area (TPSA) is 89.8 Å². The van der Waals surface area contributed by atoms with Gasteiger partial charge in [-0.25, -0.2) is 0 Å². The molecule has 0 bridgehead atoms. The number of nitrogens with zero attached hydrogens (tertiary/aromatic N) is 2. The van der Waals surface area contributed by atoms with Gasteiger partial charge in [0, 0.05) is 36.2 Å². The minimum Gasteiger partial charge on any atom is -0.484 e. The maximum atomic E-state index is 13.0. The SMILES string of the molecule is CN(C(=O)COc1ccc([N+](=O)[O-])cc1)[C@@]1(c2ccccc2Cl)CCCCC1=O. The molecule has 1 aliphatic rings. The highest BCUT2D eigenvalue weighted by molar-refractivity contribution is 6.31. The van der Waals surface area contributed by atoms with Crippen LogP contribution in [0.4, 0.5) is 5.69 Å². The third kappa shape index (κ3) is 4.10. The molecule has 7 nitrogen and oxygen atoms in total. The average Bonchev–Trinajstić information content (AvgIpc) is 2.73. The van der Waals surface area contributed by atoms with Crippen molar-refractivity contribution in [1.82, 2.24) is 4.90 Å². The molecular formula is C21H21ClN2O5. The molecular weight excluding hydrogens is 396 g/mol. The molecule has 0 aromatic heterocycles. The smallest absolute Gasteiger partial charge is 0.269 e. The first kappa shape index (κ1) is 20.8. The van der Waals surface area contributed by atoms with E-state index >= 15 is 0 Å². The molecule has 1 saturated carbocycles. The molecule has 0 saturated heterocycles. The zero-order chi connectivity index (χ0) is 21.0. The number of amides is 1. The number of benzene rings is 2. The summed E-state index contributed by atoms with van der Waals surface area (Å²) in [5, 5.41) is 11.2. The van der Waals surface area contributed by atoms with Crippen LogP contribution in [0.1, 0.15) is 31.2 Å². The van der Waals surface area contributed by atoms with Crippen molar-refractivity contribution in [1.29, 1.82) is 0 Å². The van der Waals surface area contributed by atoms with E-state index in [1.165, 1.54) is 29.2 Å². The summed E-state index contributed by atoms with van der Waals surface area (Å²) < 4.78 is 5.50. The van der Waals surface area contributed by atoms with Crippen molar-refractivity contribution in [3.05, 3.63) is 69.2 Å². The number of nitro benzene ring substituents is 1. The Morgan fingerprint density at radius 3 is 2.52 bits per heavy atom. The van der Waals surface area contributed by atoms with E-state index in [0.29, 0.717) is 29.2 Å². The van der Waals surface area contributed by atoms with Crippen LogP contribution in [0.3, 0.4) is 0 Å². The van der Waals surface area contributed by atoms with Gasteiger partial charge in [0.1, 0.15) is 11.3 Å². The standard InChI is InChI=1S/C21H21ClN2O5/c1-23(20(26)14-29-16-11-9-15(10-12-16)24(27)28)21(13-5-4-8-19(21)25)17-6-2-3-7-18(17)22/h2-3,6-7,9-12H,4-5,8,13-14H2,1H3/t21-/m1/s1. The molecule has 29 heavy (non-hydrogen) atoms. The largest absolute Gasteiger partial charge is 0.484 e. The molecule has 0 aliphatic heterocycles. The monoisotopic (exact) mass is 416 g/mol. The number of hydrogen-bond donors (Lipinski definition) is 0. The van der Waals surface area contributed by atoms with Crippen LogP contribution in [0.15, 0.2) is 48.5 Å². The Labute approximate surface area is 173 Å². The summed E-state index contributed by atoms with van der Waals surface area (Å²) >= 11 is 6.40. The fourth-order valence-electron chi connectivity index (χ4n) is 3.75. The molecule has 1 atom stereocenters. The number of hydrogen-bond acceptors (Lipinski definition) is 5. The van der Waals surface area contributed by atoms with Crippen LogP contribution in [0.25, 0.3) is 0 Å². The second-order valence-corrected chi connectivity index (χ2v) is 7.37. The predicted molar refractivity (Wildman–Crippen MR) is 108 cm³/mol. The zero-order valence-corrected chi connectivity index (χ0v) is 16.7. The predicted octanol–water partition coefficient (Wildman–Crippen LogP) is 4.12. The van der Waals surface area contributed by atoms with E-state index in [9.17, 15) is 19.7 Å². The van der Waals surface area contributed by atoms with Crippen LogP contribution in [0.2, 0.25) is 5.02 Å². The number of carbonyl (C=O) groups excluding carboxylic acids is 2. The molecule has 1 amide bonds. The van der Waals surface area contributed by atoms with Crippen molar-refractivity contribution in [2.24, 2.45) is 0 Å². The number of nitro groups is 1. The molecule has 0 N–H and O–H groups in total.